The normalized spacial score (nSPS) is 24.4. The number of nitrogens with zero attached hydrogens (tertiary/aromatic N) is 5. The maximum atomic E-state index is 4.63. The van der Waals surface area contributed by atoms with Gasteiger partial charge in [-0.3, -0.25) is 4.90 Å². The van der Waals surface area contributed by atoms with Crippen LogP contribution in [0.15, 0.2) is 12.4 Å². The van der Waals surface area contributed by atoms with Crippen molar-refractivity contribution in [1.82, 2.24) is 25.1 Å². The first-order valence-electron chi connectivity index (χ1n) is 9.40. The summed E-state index contributed by atoms with van der Waals surface area (Å²) in [5.41, 5.74) is 1.82. The van der Waals surface area contributed by atoms with Gasteiger partial charge in [0.1, 0.15) is 0 Å². The first-order chi connectivity index (χ1) is 11.7. The highest BCUT2D eigenvalue weighted by Gasteiger charge is 2.38. The molecule has 0 amide bonds. The van der Waals surface area contributed by atoms with E-state index in [4.69, 9.17) is 0 Å². The fourth-order valence-electron chi connectivity index (χ4n) is 4.39. The Morgan fingerprint density at radius 2 is 1.68 bits per heavy atom. The highest BCUT2D eigenvalue weighted by molar-refractivity contribution is 5.85. The molecule has 4 rings (SSSR count). The quantitative estimate of drug-likeness (QED) is 0.868. The Bertz CT molecular complexity index is 537. The zero-order chi connectivity index (χ0) is 16.4. The molecule has 140 valence electrons. The van der Waals surface area contributed by atoms with E-state index in [1.54, 1.807) is 0 Å². The van der Waals surface area contributed by atoms with Gasteiger partial charge in [0.05, 0.1) is 0 Å². The van der Waals surface area contributed by atoms with Crippen LogP contribution in [0.25, 0.3) is 0 Å². The van der Waals surface area contributed by atoms with Crippen LogP contribution in [0.1, 0.15) is 24.8 Å². The van der Waals surface area contributed by atoms with Crippen molar-refractivity contribution in [2.75, 3.05) is 64.3 Å². The molecule has 3 aliphatic rings. The molecule has 0 atom stereocenters. The predicted octanol–water partition coefficient (Wildman–Crippen LogP) is 1.23. The summed E-state index contributed by atoms with van der Waals surface area (Å²) in [5, 5.41) is 3.49. The van der Waals surface area contributed by atoms with Crippen LogP contribution < -0.4 is 10.2 Å². The molecule has 0 unspecified atom stereocenters. The maximum Gasteiger partial charge on any atom is 0.225 e. The van der Waals surface area contributed by atoms with Gasteiger partial charge in [0.2, 0.25) is 5.95 Å². The van der Waals surface area contributed by atoms with Gasteiger partial charge < -0.3 is 15.1 Å². The Morgan fingerprint density at radius 3 is 2.36 bits per heavy atom. The van der Waals surface area contributed by atoms with E-state index in [0.29, 0.717) is 5.41 Å². The highest BCUT2D eigenvalue weighted by Crippen LogP contribution is 2.38. The molecule has 1 spiro atoms. The zero-order valence-corrected chi connectivity index (χ0v) is 16.1. The van der Waals surface area contributed by atoms with Crippen molar-refractivity contribution in [3.63, 3.8) is 0 Å². The van der Waals surface area contributed by atoms with Crippen LogP contribution in [0.2, 0.25) is 0 Å². The second kappa shape index (κ2) is 8.16. The number of piperazine rings is 1. The molecule has 0 saturated carbocycles. The lowest BCUT2D eigenvalue weighted by molar-refractivity contribution is 0.194. The molecule has 7 heteroatoms. The smallest absolute Gasteiger partial charge is 0.225 e. The van der Waals surface area contributed by atoms with Gasteiger partial charge in [-0.15, -0.1) is 12.4 Å². The minimum Gasteiger partial charge on any atom is -0.338 e. The summed E-state index contributed by atoms with van der Waals surface area (Å²) in [7, 11) is 2.17. The van der Waals surface area contributed by atoms with E-state index in [9.17, 15) is 0 Å². The molecule has 0 aliphatic carbocycles. The van der Waals surface area contributed by atoms with Gasteiger partial charge in [0.25, 0.3) is 0 Å². The van der Waals surface area contributed by atoms with Crippen LogP contribution >= 0.6 is 12.4 Å². The van der Waals surface area contributed by atoms with Gasteiger partial charge in [0.15, 0.2) is 0 Å². The lowest BCUT2D eigenvalue weighted by atomic mass is 9.78. The molecule has 25 heavy (non-hydrogen) atoms. The average molecular weight is 367 g/mol. The van der Waals surface area contributed by atoms with Crippen LogP contribution in [0, 0.1) is 5.41 Å². The summed E-state index contributed by atoms with van der Waals surface area (Å²) >= 11 is 0. The van der Waals surface area contributed by atoms with Crippen LogP contribution in [0.4, 0.5) is 5.95 Å². The topological polar surface area (TPSA) is 47.5 Å². The molecular formula is C18H31ClN6. The molecule has 3 aliphatic heterocycles. The average Bonchev–Trinajstić information content (AvgIpc) is 2.99. The fourth-order valence-corrected chi connectivity index (χ4v) is 4.39. The molecule has 1 aromatic heterocycles. The molecule has 0 radical (unpaired) electrons. The lowest BCUT2D eigenvalue weighted by Crippen LogP contribution is -2.45. The maximum absolute atomic E-state index is 4.63. The van der Waals surface area contributed by atoms with Gasteiger partial charge in [-0.1, -0.05) is 0 Å². The molecule has 1 N–H and O–H groups in total. The number of likely N-dealkylation sites (N-methyl/N-ethyl adjacent to an activating group) is 1. The van der Waals surface area contributed by atoms with Crippen molar-refractivity contribution in [1.29, 1.82) is 0 Å². The molecule has 3 saturated heterocycles. The fraction of sp³-hybridized carbons (Fsp3) is 0.778. The van der Waals surface area contributed by atoms with Crippen molar-refractivity contribution < 1.29 is 0 Å². The van der Waals surface area contributed by atoms with Crippen molar-refractivity contribution in [2.45, 2.75) is 25.8 Å². The molecule has 1 aromatic rings. The number of piperidine rings is 1. The van der Waals surface area contributed by atoms with E-state index < -0.39 is 0 Å². The summed E-state index contributed by atoms with van der Waals surface area (Å²) in [6.45, 7) is 10.1. The number of anilines is 1. The van der Waals surface area contributed by atoms with Gasteiger partial charge in [-0.25, -0.2) is 9.97 Å². The second-order valence-electron chi connectivity index (χ2n) is 7.89. The SMILES string of the molecule is CN1CCN(c2ncc(CN3CCC4(CCNCC4)C3)cn2)CC1.Cl. The number of likely N-dealkylation sites (tertiary alicyclic amines) is 1. The van der Waals surface area contributed by atoms with Crippen molar-refractivity contribution in [3.05, 3.63) is 18.0 Å². The van der Waals surface area contributed by atoms with E-state index >= 15 is 0 Å². The van der Waals surface area contributed by atoms with Crippen LogP contribution in [0.5, 0.6) is 0 Å². The molecule has 3 fully saturated rings. The minimum absolute atomic E-state index is 0. The van der Waals surface area contributed by atoms with Gasteiger partial charge in [-0.05, 0) is 51.4 Å². The van der Waals surface area contributed by atoms with Crippen molar-refractivity contribution >= 4 is 18.4 Å². The van der Waals surface area contributed by atoms with E-state index in [1.165, 1.54) is 51.0 Å². The molecule has 0 bridgehead atoms. The molecule has 0 aromatic carbocycles. The summed E-state index contributed by atoms with van der Waals surface area (Å²) in [6.07, 6.45) is 8.10. The van der Waals surface area contributed by atoms with E-state index in [-0.39, 0.29) is 12.4 Å². The predicted molar refractivity (Wildman–Crippen MR) is 103 cm³/mol. The minimum atomic E-state index is 0. The standard InChI is InChI=1S/C18H30N6.ClH/c1-22-8-10-24(11-9-22)17-20-12-16(13-21-17)14-23-7-4-18(15-23)2-5-19-6-3-18;/h12-13,19H,2-11,14-15H2,1H3;1H. The third kappa shape index (κ3) is 4.42. The first-order valence-corrected chi connectivity index (χ1v) is 9.40. The number of nitrogens with one attached hydrogen (secondary N) is 1. The van der Waals surface area contributed by atoms with Crippen LogP contribution in [0.3, 0.4) is 0 Å². The first kappa shape index (κ1) is 18.8. The summed E-state index contributed by atoms with van der Waals surface area (Å²) in [6, 6.07) is 0. The van der Waals surface area contributed by atoms with Crippen LogP contribution in [-0.2, 0) is 6.54 Å². The summed E-state index contributed by atoms with van der Waals surface area (Å²) in [5.74, 6) is 0.892. The van der Waals surface area contributed by atoms with E-state index in [1.807, 2.05) is 12.4 Å². The Balaban J connectivity index is 0.00000182. The Hall–Kier alpha value is -0.950. The third-order valence-corrected chi connectivity index (χ3v) is 6.07. The van der Waals surface area contributed by atoms with Gasteiger partial charge in [-0.2, -0.15) is 0 Å². The van der Waals surface area contributed by atoms with Crippen LogP contribution in [-0.4, -0.2) is 79.2 Å². The summed E-state index contributed by atoms with van der Waals surface area (Å²) < 4.78 is 0. The second-order valence-corrected chi connectivity index (χ2v) is 7.89. The number of aromatic nitrogens is 2. The number of hydrogen-bond acceptors (Lipinski definition) is 6. The van der Waals surface area contributed by atoms with E-state index in [2.05, 4.69) is 37.0 Å². The van der Waals surface area contributed by atoms with E-state index in [0.717, 1.165) is 38.7 Å². The molecule has 4 heterocycles. The highest BCUT2D eigenvalue weighted by atomic mass is 35.5. The van der Waals surface area contributed by atoms with Gasteiger partial charge >= 0.3 is 0 Å². The molecule has 6 nitrogen and oxygen atoms in total. The Kier molecular flexibility index (Phi) is 6.15. The summed E-state index contributed by atoms with van der Waals surface area (Å²) in [4.78, 5) is 16.5. The lowest BCUT2D eigenvalue weighted by Gasteiger charge is -2.34. The molecular weight excluding hydrogens is 336 g/mol. The zero-order valence-electron chi connectivity index (χ0n) is 15.3. The Morgan fingerprint density at radius 1 is 1.00 bits per heavy atom. The number of halogens is 1. The largest absolute Gasteiger partial charge is 0.338 e. The number of hydrogen-bond donors (Lipinski definition) is 1. The Labute approximate surface area is 157 Å². The van der Waals surface area contributed by atoms with Gasteiger partial charge in [0, 0.05) is 57.2 Å². The monoisotopic (exact) mass is 366 g/mol. The third-order valence-electron chi connectivity index (χ3n) is 6.07. The number of rotatable bonds is 3. The van der Waals surface area contributed by atoms with Crippen molar-refractivity contribution in [2.24, 2.45) is 5.41 Å². The van der Waals surface area contributed by atoms with Crippen molar-refractivity contribution in [3.8, 4) is 0 Å².